The Labute approximate surface area is 117 Å². The van der Waals surface area contributed by atoms with Crippen molar-refractivity contribution in [3.05, 3.63) is 46.5 Å². The number of aromatic nitrogens is 1. The summed E-state index contributed by atoms with van der Waals surface area (Å²) >= 11 is 2.72. The second-order valence-electron chi connectivity index (χ2n) is 4.00. The van der Waals surface area contributed by atoms with E-state index in [0.717, 1.165) is 22.2 Å². The SMILES string of the molecule is Cc1csc(SC(C)C(=O)c2ccc(F)cc2F)n1. The topological polar surface area (TPSA) is 30.0 Å². The van der Waals surface area contributed by atoms with E-state index in [1.54, 1.807) is 6.92 Å². The molecule has 1 atom stereocenters. The molecule has 2 aromatic rings. The molecule has 6 heteroatoms. The number of thiazole rings is 1. The van der Waals surface area contributed by atoms with Crippen molar-refractivity contribution in [2.75, 3.05) is 0 Å². The van der Waals surface area contributed by atoms with Crippen LogP contribution in [0, 0.1) is 18.6 Å². The minimum absolute atomic E-state index is 0.0883. The Morgan fingerprint density at radius 3 is 2.74 bits per heavy atom. The fraction of sp³-hybridized carbons (Fsp3) is 0.231. The lowest BCUT2D eigenvalue weighted by Crippen LogP contribution is -2.15. The number of carbonyl (C=O) groups is 1. The van der Waals surface area contributed by atoms with Crippen LogP contribution in [0.5, 0.6) is 0 Å². The molecule has 0 spiro atoms. The summed E-state index contributed by atoms with van der Waals surface area (Å²) < 4.78 is 27.1. The van der Waals surface area contributed by atoms with Gasteiger partial charge in [-0.15, -0.1) is 11.3 Å². The van der Waals surface area contributed by atoms with E-state index in [-0.39, 0.29) is 11.3 Å². The first-order valence-corrected chi connectivity index (χ1v) is 7.31. The molecule has 0 radical (unpaired) electrons. The van der Waals surface area contributed by atoms with Crippen LogP contribution in [0.2, 0.25) is 0 Å². The predicted octanol–water partition coefficient (Wildman–Crippen LogP) is 4.09. The van der Waals surface area contributed by atoms with Gasteiger partial charge in [-0.25, -0.2) is 13.8 Å². The highest BCUT2D eigenvalue weighted by Gasteiger charge is 2.21. The van der Waals surface area contributed by atoms with Gasteiger partial charge in [-0.3, -0.25) is 4.79 Å². The summed E-state index contributed by atoms with van der Waals surface area (Å²) in [5, 5.41) is 1.42. The molecule has 1 unspecified atom stereocenters. The summed E-state index contributed by atoms with van der Waals surface area (Å²) in [6.07, 6.45) is 0. The number of aryl methyl sites for hydroxylation is 1. The zero-order valence-corrected chi connectivity index (χ0v) is 11.9. The number of ketones is 1. The van der Waals surface area contributed by atoms with Crippen molar-refractivity contribution in [2.24, 2.45) is 0 Å². The maximum Gasteiger partial charge on any atom is 0.178 e. The molecule has 0 aliphatic carbocycles. The van der Waals surface area contributed by atoms with Gasteiger partial charge in [0.25, 0.3) is 0 Å². The van der Waals surface area contributed by atoms with Crippen LogP contribution in [-0.2, 0) is 0 Å². The lowest BCUT2D eigenvalue weighted by atomic mass is 10.1. The van der Waals surface area contributed by atoms with Crippen molar-refractivity contribution in [2.45, 2.75) is 23.4 Å². The van der Waals surface area contributed by atoms with E-state index < -0.39 is 16.9 Å². The second-order valence-corrected chi connectivity index (χ2v) is 6.45. The number of Topliss-reactive ketones (excluding diaryl/α,β-unsaturated/α-hetero) is 1. The Kier molecular flexibility index (Phi) is 4.31. The second kappa shape index (κ2) is 5.79. The molecular formula is C13H11F2NOS2. The maximum atomic E-state index is 13.5. The molecule has 1 aromatic heterocycles. The molecular weight excluding hydrogens is 288 g/mol. The van der Waals surface area contributed by atoms with Gasteiger partial charge in [0.2, 0.25) is 0 Å². The van der Waals surface area contributed by atoms with Crippen LogP contribution in [0.4, 0.5) is 8.78 Å². The van der Waals surface area contributed by atoms with Gasteiger partial charge in [-0.05, 0) is 26.0 Å². The molecule has 1 heterocycles. The fourth-order valence-electron chi connectivity index (χ4n) is 1.50. The summed E-state index contributed by atoms with van der Waals surface area (Å²) in [6.45, 7) is 3.55. The quantitative estimate of drug-likeness (QED) is 0.629. The first-order valence-electron chi connectivity index (χ1n) is 5.55. The zero-order chi connectivity index (χ0) is 14.0. The van der Waals surface area contributed by atoms with Crippen LogP contribution in [0.15, 0.2) is 27.9 Å². The molecule has 0 saturated carbocycles. The lowest BCUT2D eigenvalue weighted by molar-refractivity contribution is 0.0990. The minimum atomic E-state index is -0.826. The molecule has 100 valence electrons. The summed E-state index contributed by atoms with van der Waals surface area (Å²) in [5.74, 6) is -1.88. The van der Waals surface area contributed by atoms with Crippen molar-refractivity contribution in [3.8, 4) is 0 Å². The van der Waals surface area contributed by atoms with Crippen molar-refractivity contribution in [1.29, 1.82) is 0 Å². The highest BCUT2D eigenvalue weighted by atomic mass is 32.2. The van der Waals surface area contributed by atoms with E-state index in [2.05, 4.69) is 4.98 Å². The van der Waals surface area contributed by atoms with Gasteiger partial charge >= 0.3 is 0 Å². The van der Waals surface area contributed by atoms with Gasteiger partial charge in [0.1, 0.15) is 11.6 Å². The van der Waals surface area contributed by atoms with Crippen LogP contribution in [0.25, 0.3) is 0 Å². The van der Waals surface area contributed by atoms with E-state index >= 15 is 0 Å². The molecule has 1 aromatic carbocycles. The van der Waals surface area contributed by atoms with Crippen LogP contribution < -0.4 is 0 Å². The van der Waals surface area contributed by atoms with Crippen molar-refractivity contribution >= 4 is 28.9 Å². The standard InChI is InChI=1S/C13H11F2NOS2/c1-7-6-18-13(16-7)19-8(2)12(17)10-4-3-9(14)5-11(10)15/h3-6,8H,1-2H3. The van der Waals surface area contributed by atoms with Gasteiger partial charge in [0, 0.05) is 17.1 Å². The monoisotopic (exact) mass is 299 g/mol. The predicted molar refractivity (Wildman–Crippen MR) is 72.9 cm³/mol. The van der Waals surface area contributed by atoms with E-state index in [1.165, 1.54) is 29.2 Å². The van der Waals surface area contributed by atoms with Crippen molar-refractivity contribution in [1.82, 2.24) is 4.98 Å². The average Bonchev–Trinajstić information content (AvgIpc) is 2.74. The van der Waals surface area contributed by atoms with Gasteiger partial charge in [0.15, 0.2) is 10.1 Å². The molecule has 19 heavy (non-hydrogen) atoms. The first kappa shape index (κ1) is 14.1. The van der Waals surface area contributed by atoms with Gasteiger partial charge in [-0.2, -0.15) is 0 Å². The molecule has 0 amide bonds. The fourth-order valence-corrected chi connectivity index (χ4v) is 3.55. The molecule has 0 bridgehead atoms. The third-order valence-corrected chi connectivity index (χ3v) is 4.63. The Balaban J connectivity index is 2.14. The van der Waals surface area contributed by atoms with E-state index in [0.29, 0.717) is 0 Å². The minimum Gasteiger partial charge on any atom is -0.293 e. The Hall–Kier alpha value is -1.27. The van der Waals surface area contributed by atoms with Crippen LogP contribution in [-0.4, -0.2) is 16.0 Å². The van der Waals surface area contributed by atoms with E-state index in [1.807, 2.05) is 12.3 Å². The summed E-state index contributed by atoms with van der Waals surface area (Å²) in [5.41, 5.74) is 0.801. The Bertz CT molecular complexity index is 612. The first-order chi connectivity index (χ1) is 8.97. The summed E-state index contributed by atoms with van der Waals surface area (Å²) in [6, 6.07) is 2.98. The number of nitrogens with zero attached hydrogens (tertiary/aromatic N) is 1. The highest BCUT2D eigenvalue weighted by Crippen LogP contribution is 2.29. The van der Waals surface area contributed by atoms with Crippen LogP contribution >= 0.6 is 23.1 Å². The van der Waals surface area contributed by atoms with Gasteiger partial charge in [-0.1, -0.05) is 11.8 Å². The van der Waals surface area contributed by atoms with Crippen molar-refractivity contribution in [3.63, 3.8) is 0 Å². The summed E-state index contributed by atoms with van der Waals surface area (Å²) in [7, 11) is 0. The average molecular weight is 299 g/mol. The van der Waals surface area contributed by atoms with E-state index in [4.69, 9.17) is 0 Å². The number of thioether (sulfide) groups is 1. The molecule has 0 aliphatic rings. The number of halogens is 2. The number of hydrogen-bond acceptors (Lipinski definition) is 4. The van der Waals surface area contributed by atoms with Crippen LogP contribution in [0.3, 0.4) is 0 Å². The summed E-state index contributed by atoms with van der Waals surface area (Å²) in [4.78, 5) is 16.3. The number of benzene rings is 1. The zero-order valence-electron chi connectivity index (χ0n) is 10.3. The largest absolute Gasteiger partial charge is 0.293 e. The molecule has 0 fully saturated rings. The number of rotatable bonds is 4. The molecule has 0 saturated heterocycles. The molecule has 0 aliphatic heterocycles. The number of carbonyl (C=O) groups excluding carboxylic acids is 1. The Morgan fingerprint density at radius 1 is 1.42 bits per heavy atom. The van der Waals surface area contributed by atoms with Crippen LogP contribution in [0.1, 0.15) is 23.0 Å². The molecule has 2 rings (SSSR count). The highest BCUT2D eigenvalue weighted by molar-refractivity contribution is 8.02. The lowest BCUT2D eigenvalue weighted by Gasteiger charge is -2.09. The third-order valence-electron chi connectivity index (χ3n) is 2.44. The molecule has 2 nitrogen and oxygen atoms in total. The smallest absolute Gasteiger partial charge is 0.178 e. The normalized spacial score (nSPS) is 12.4. The number of hydrogen-bond donors (Lipinski definition) is 0. The Morgan fingerprint density at radius 2 is 2.16 bits per heavy atom. The van der Waals surface area contributed by atoms with Crippen molar-refractivity contribution < 1.29 is 13.6 Å². The maximum absolute atomic E-state index is 13.5. The third kappa shape index (κ3) is 3.39. The van der Waals surface area contributed by atoms with Gasteiger partial charge in [0.05, 0.1) is 10.8 Å². The van der Waals surface area contributed by atoms with E-state index in [9.17, 15) is 13.6 Å². The molecule has 0 N–H and O–H groups in total. The van der Waals surface area contributed by atoms with Gasteiger partial charge < -0.3 is 0 Å².